The number of hydrogen-bond donors (Lipinski definition) is 2. The van der Waals surface area contributed by atoms with E-state index < -0.39 is 0 Å². The van der Waals surface area contributed by atoms with Gasteiger partial charge in [-0.15, -0.1) is 0 Å². The van der Waals surface area contributed by atoms with Crippen LogP contribution in [0.15, 0.2) is 103 Å². The zero-order valence-corrected chi connectivity index (χ0v) is 22.2. The van der Waals surface area contributed by atoms with Crippen LogP contribution in [-0.4, -0.2) is 18.1 Å². The third-order valence-corrected chi connectivity index (χ3v) is 7.04. The van der Waals surface area contributed by atoms with E-state index in [-0.39, 0.29) is 24.1 Å². The highest BCUT2D eigenvalue weighted by atomic mass is 35.5. The van der Waals surface area contributed by atoms with Gasteiger partial charge in [0.25, 0.3) is 0 Å². The monoisotopic (exact) mass is 544 g/mol. The Balaban J connectivity index is 1.49. The number of amides is 4. The van der Waals surface area contributed by atoms with Gasteiger partial charge in [-0.25, -0.2) is 9.59 Å². The summed E-state index contributed by atoms with van der Waals surface area (Å²) in [5, 5.41) is 7.17. The topological polar surface area (TPSA) is 64.7 Å². The summed E-state index contributed by atoms with van der Waals surface area (Å²) in [5.41, 5.74) is 3.68. The van der Waals surface area contributed by atoms with Crippen molar-refractivity contribution >= 4 is 58.0 Å². The maximum Gasteiger partial charge on any atom is 0.326 e. The summed E-state index contributed by atoms with van der Waals surface area (Å²) in [6, 6.07) is 30.2. The summed E-state index contributed by atoms with van der Waals surface area (Å²) in [4.78, 5) is 30.7. The first kappa shape index (κ1) is 25.6. The van der Waals surface area contributed by atoms with E-state index in [1.807, 2.05) is 61.5 Å². The van der Waals surface area contributed by atoms with Gasteiger partial charge in [0.15, 0.2) is 0 Å². The number of carbonyl (C=O) groups excluding carboxylic acids is 2. The van der Waals surface area contributed by atoms with E-state index in [2.05, 4.69) is 10.6 Å². The fourth-order valence-corrected chi connectivity index (χ4v) is 5.05. The number of carbonyl (C=O) groups is 2. The molecule has 5 rings (SSSR count). The lowest BCUT2D eigenvalue weighted by atomic mass is 9.90. The first-order valence-electron chi connectivity index (χ1n) is 12.3. The van der Waals surface area contributed by atoms with E-state index in [9.17, 15) is 9.59 Å². The Bertz CT molecular complexity index is 1430. The number of rotatable bonds is 4. The van der Waals surface area contributed by atoms with Crippen molar-refractivity contribution in [3.63, 3.8) is 0 Å². The van der Waals surface area contributed by atoms with Gasteiger partial charge in [0.05, 0.1) is 11.7 Å². The van der Waals surface area contributed by atoms with Gasteiger partial charge >= 0.3 is 12.1 Å². The zero-order chi connectivity index (χ0) is 26.6. The predicted octanol–water partition coefficient (Wildman–Crippen LogP) is 8.60. The largest absolute Gasteiger partial charge is 0.326 e. The van der Waals surface area contributed by atoms with E-state index in [0.717, 1.165) is 16.9 Å². The average molecular weight is 545 g/mol. The lowest BCUT2D eigenvalue weighted by molar-refractivity contribution is 0.251. The molecule has 4 aromatic rings. The molecule has 4 aromatic carbocycles. The molecule has 0 aliphatic carbocycles. The smallest absolute Gasteiger partial charge is 0.308 e. The van der Waals surface area contributed by atoms with Crippen LogP contribution in [0.4, 0.5) is 32.3 Å². The van der Waals surface area contributed by atoms with Crippen molar-refractivity contribution in [3.05, 3.63) is 119 Å². The Morgan fingerprint density at radius 1 is 0.763 bits per heavy atom. The Morgan fingerprint density at radius 2 is 1.32 bits per heavy atom. The number of halogens is 2. The molecule has 4 amide bonds. The molecule has 1 aliphatic rings. The van der Waals surface area contributed by atoms with Crippen molar-refractivity contribution < 1.29 is 9.59 Å². The standard InChI is InChI=1S/C30H26Cl2N4O2/c1-20-19-28(36(25-7-3-2-4-8-25)30(38)34-24-17-13-22(32)14-18-24)26-9-5-6-10-27(26)35(20)29(37)33-23-15-11-21(31)12-16-23/h2-18,20,28H,19H2,1H3,(H,33,37)(H,34,38)/t20-,28+/m0/s1. The zero-order valence-electron chi connectivity index (χ0n) is 20.6. The number of benzene rings is 4. The first-order chi connectivity index (χ1) is 18.4. The highest BCUT2D eigenvalue weighted by Crippen LogP contribution is 2.42. The number of hydrogen-bond acceptors (Lipinski definition) is 2. The molecule has 192 valence electrons. The Morgan fingerprint density at radius 3 is 1.95 bits per heavy atom. The normalized spacial score (nSPS) is 16.3. The lowest BCUT2D eigenvalue weighted by Gasteiger charge is -2.43. The van der Waals surface area contributed by atoms with Crippen LogP contribution in [-0.2, 0) is 0 Å². The number of nitrogens with zero attached hydrogens (tertiary/aromatic N) is 2. The molecular weight excluding hydrogens is 519 g/mol. The molecule has 0 saturated carbocycles. The van der Waals surface area contributed by atoms with E-state index in [4.69, 9.17) is 23.2 Å². The lowest BCUT2D eigenvalue weighted by Crippen LogP contribution is -2.49. The van der Waals surface area contributed by atoms with Crippen LogP contribution in [0.3, 0.4) is 0 Å². The number of urea groups is 2. The molecule has 2 atom stereocenters. The van der Waals surface area contributed by atoms with Crippen LogP contribution in [0.25, 0.3) is 0 Å². The third-order valence-electron chi connectivity index (χ3n) is 6.54. The van der Waals surface area contributed by atoms with E-state index in [1.54, 1.807) is 58.3 Å². The van der Waals surface area contributed by atoms with Gasteiger partial charge in [0.1, 0.15) is 0 Å². The van der Waals surface area contributed by atoms with Gasteiger partial charge in [-0.3, -0.25) is 9.80 Å². The summed E-state index contributed by atoms with van der Waals surface area (Å²) < 4.78 is 0. The number of para-hydroxylation sites is 2. The highest BCUT2D eigenvalue weighted by Gasteiger charge is 2.38. The molecule has 0 fully saturated rings. The van der Waals surface area contributed by atoms with Crippen molar-refractivity contribution in [2.24, 2.45) is 0 Å². The summed E-state index contributed by atoms with van der Waals surface area (Å²) in [7, 11) is 0. The first-order valence-corrected chi connectivity index (χ1v) is 13.0. The van der Waals surface area contributed by atoms with Gasteiger partial charge in [0, 0.05) is 33.1 Å². The van der Waals surface area contributed by atoms with Crippen LogP contribution < -0.4 is 20.4 Å². The maximum atomic E-state index is 13.8. The number of fused-ring (bicyclic) bond motifs is 1. The quantitative estimate of drug-likeness (QED) is 0.270. The molecule has 0 aromatic heterocycles. The fraction of sp³-hybridized carbons (Fsp3) is 0.133. The Labute approximate surface area is 231 Å². The van der Waals surface area contributed by atoms with E-state index in [1.165, 1.54) is 0 Å². The van der Waals surface area contributed by atoms with Gasteiger partial charge in [0.2, 0.25) is 0 Å². The molecule has 2 N–H and O–H groups in total. The molecule has 0 bridgehead atoms. The summed E-state index contributed by atoms with van der Waals surface area (Å²) in [6.45, 7) is 1.99. The van der Waals surface area contributed by atoms with Crippen LogP contribution in [0.2, 0.25) is 10.0 Å². The molecular formula is C30H26Cl2N4O2. The van der Waals surface area contributed by atoms with Gasteiger partial charge in [-0.2, -0.15) is 0 Å². The van der Waals surface area contributed by atoms with E-state index in [0.29, 0.717) is 27.8 Å². The molecule has 38 heavy (non-hydrogen) atoms. The molecule has 8 heteroatoms. The molecule has 6 nitrogen and oxygen atoms in total. The molecule has 0 radical (unpaired) electrons. The van der Waals surface area contributed by atoms with Gasteiger partial charge in [-0.05, 0) is 85.6 Å². The molecule has 0 spiro atoms. The van der Waals surface area contributed by atoms with Crippen LogP contribution >= 0.6 is 23.2 Å². The second kappa shape index (κ2) is 11.2. The highest BCUT2D eigenvalue weighted by molar-refractivity contribution is 6.31. The van der Waals surface area contributed by atoms with Gasteiger partial charge < -0.3 is 10.6 Å². The molecule has 1 aliphatic heterocycles. The van der Waals surface area contributed by atoms with Crippen molar-refractivity contribution in [1.82, 2.24) is 0 Å². The molecule has 0 unspecified atom stereocenters. The SMILES string of the molecule is C[C@H]1C[C@@H](N(C(=O)Nc2ccc(Cl)cc2)c2ccccc2)c2ccccc2N1C(=O)Nc1ccc(Cl)cc1. The Kier molecular flexibility index (Phi) is 7.54. The minimum atomic E-state index is -0.310. The third kappa shape index (κ3) is 5.47. The van der Waals surface area contributed by atoms with Crippen molar-refractivity contribution in [1.29, 1.82) is 0 Å². The second-order valence-corrected chi connectivity index (χ2v) is 9.98. The van der Waals surface area contributed by atoms with Crippen molar-refractivity contribution in [3.8, 4) is 0 Å². The summed E-state index contributed by atoms with van der Waals surface area (Å²) in [6.07, 6.45) is 0.536. The van der Waals surface area contributed by atoms with E-state index >= 15 is 0 Å². The van der Waals surface area contributed by atoms with Gasteiger partial charge in [-0.1, -0.05) is 59.6 Å². The van der Waals surface area contributed by atoms with Crippen LogP contribution in [0.1, 0.15) is 24.9 Å². The predicted molar refractivity (Wildman–Crippen MR) is 156 cm³/mol. The minimum Gasteiger partial charge on any atom is -0.308 e. The minimum absolute atomic E-state index is 0.197. The fourth-order valence-electron chi connectivity index (χ4n) is 4.80. The van der Waals surface area contributed by atoms with Crippen molar-refractivity contribution in [2.45, 2.75) is 25.4 Å². The average Bonchev–Trinajstić information content (AvgIpc) is 2.92. The molecule has 0 saturated heterocycles. The van der Waals surface area contributed by atoms with Crippen LogP contribution in [0, 0.1) is 0 Å². The molecule has 1 heterocycles. The number of nitrogens with one attached hydrogen (secondary N) is 2. The summed E-state index contributed by atoms with van der Waals surface area (Å²) >= 11 is 12.0. The second-order valence-electron chi connectivity index (χ2n) is 9.11. The maximum absolute atomic E-state index is 13.8. The van der Waals surface area contributed by atoms with Crippen molar-refractivity contribution in [2.75, 3.05) is 20.4 Å². The Hall–Kier alpha value is -4.00. The van der Waals surface area contributed by atoms with Crippen LogP contribution in [0.5, 0.6) is 0 Å². The summed E-state index contributed by atoms with van der Waals surface area (Å²) in [5.74, 6) is 0. The number of anilines is 4.